The normalized spacial score (nSPS) is 17.4. The Kier molecular flexibility index (Phi) is 5.55. The minimum Gasteiger partial charge on any atom is -0.507 e. The van der Waals surface area contributed by atoms with Gasteiger partial charge in [0.15, 0.2) is 0 Å². The first-order chi connectivity index (χ1) is 9.49. The number of hydrogen-bond acceptors (Lipinski definition) is 3. The van der Waals surface area contributed by atoms with E-state index in [2.05, 4.69) is 6.92 Å². The van der Waals surface area contributed by atoms with Gasteiger partial charge in [0.05, 0.1) is 0 Å². The molecule has 1 aliphatic rings. The van der Waals surface area contributed by atoms with Gasteiger partial charge in [-0.1, -0.05) is 20.8 Å². The smallest absolute Gasteiger partial charge is 0.339 e. The number of carbonyl (C=O) groups is 2. The van der Waals surface area contributed by atoms with Crippen LogP contribution in [-0.2, 0) is 0 Å². The van der Waals surface area contributed by atoms with E-state index in [1.807, 2.05) is 13.8 Å². The van der Waals surface area contributed by atoms with Crippen LogP contribution < -0.4 is 0 Å². The Morgan fingerprint density at radius 1 is 1.30 bits per heavy atom. The van der Waals surface area contributed by atoms with Gasteiger partial charge < -0.3 is 15.1 Å². The summed E-state index contributed by atoms with van der Waals surface area (Å²) in [5, 5.41) is 18.3. The van der Waals surface area contributed by atoms with Gasteiger partial charge in [-0.2, -0.15) is 0 Å². The van der Waals surface area contributed by atoms with Crippen LogP contribution in [-0.4, -0.2) is 40.1 Å². The van der Waals surface area contributed by atoms with Crippen LogP contribution in [0.2, 0.25) is 0 Å². The molecule has 0 saturated carbocycles. The summed E-state index contributed by atoms with van der Waals surface area (Å²) in [5.74, 6) is -1.26. The van der Waals surface area contributed by atoms with E-state index in [4.69, 9.17) is 5.11 Å². The van der Waals surface area contributed by atoms with E-state index in [-0.39, 0.29) is 17.2 Å². The quantitative estimate of drug-likeness (QED) is 0.872. The highest BCUT2D eigenvalue weighted by Gasteiger charge is 2.24. The Morgan fingerprint density at radius 3 is 2.40 bits per heavy atom. The molecule has 5 heteroatoms. The second kappa shape index (κ2) is 6.93. The summed E-state index contributed by atoms with van der Waals surface area (Å²) in [6, 6.07) is 3.91. The van der Waals surface area contributed by atoms with E-state index in [0.29, 0.717) is 24.6 Å². The molecule has 1 aromatic carbocycles. The number of carboxylic acids is 1. The molecule has 1 heterocycles. The molecule has 20 heavy (non-hydrogen) atoms. The number of benzene rings is 1. The first kappa shape index (κ1) is 16.0. The van der Waals surface area contributed by atoms with Gasteiger partial charge in [-0.05, 0) is 30.5 Å². The van der Waals surface area contributed by atoms with Crippen molar-refractivity contribution < 1.29 is 19.8 Å². The number of aromatic hydroxyl groups is 1. The average Bonchev–Trinajstić information content (AvgIpc) is 2.86. The van der Waals surface area contributed by atoms with Crippen LogP contribution in [0.1, 0.15) is 47.9 Å². The zero-order chi connectivity index (χ0) is 15.3. The minimum absolute atomic E-state index is 0.161. The Balaban J connectivity index is 0.000000956. The third-order valence-corrected chi connectivity index (χ3v) is 3.19. The maximum atomic E-state index is 12.1. The Hall–Kier alpha value is -2.04. The fraction of sp³-hybridized carbons (Fsp3) is 0.467. The second-order valence-corrected chi connectivity index (χ2v) is 4.68. The topological polar surface area (TPSA) is 77.8 Å². The third-order valence-electron chi connectivity index (χ3n) is 3.19. The van der Waals surface area contributed by atoms with E-state index in [1.54, 1.807) is 4.90 Å². The number of aromatic carboxylic acids is 1. The number of phenols is 1. The van der Waals surface area contributed by atoms with Crippen LogP contribution in [0.5, 0.6) is 5.75 Å². The first-order valence-electron chi connectivity index (χ1n) is 6.84. The molecule has 2 N–H and O–H groups in total. The van der Waals surface area contributed by atoms with Gasteiger partial charge in [-0.15, -0.1) is 0 Å². The lowest BCUT2D eigenvalue weighted by atomic mass is 10.1. The molecule has 0 radical (unpaired) electrons. The van der Waals surface area contributed by atoms with Gasteiger partial charge in [0.25, 0.3) is 5.91 Å². The zero-order valence-corrected chi connectivity index (χ0v) is 12.1. The van der Waals surface area contributed by atoms with Crippen LogP contribution in [0.4, 0.5) is 0 Å². The molecular formula is C15H21NO4. The van der Waals surface area contributed by atoms with E-state index in [1.165, 1.54) is 18.2 Å². The van der Waals surface area contributed by atoms with Crippen molar-refractivity contribution in [3.05, 3.63) is 29.3 Å². The fourth-order valence-electron chi connectivity index (χ4n) is 2.15. The Labute approximate surface area is 118 Å². The predicted octanol–water partition coefficient (Wildman–Crippen LogP) is 2.60. The highest BCUT2D eigenvalue weighted by molar-refractivity contribution is 5.97. The number of carbonyl (C=O) groups excluding carboxylic acids is 1. The van der Waals surface area contributed by atoms with Crippen molar-refractivity contribution in [1.29, 1.82) is 0 Å². The van der Waals surface area contributed by atoms with Crippen LogP contribution in [0.15, 0.2) is 18.2 Å². The highest BCUT2D eigenvalue weighted by Crippen LogP contribution is 2.22. The van der Waals surface area contributed by atoms with Crippen LogP contribution in [0.25, 0.3) is 0 Å². The number of amides is 1. The monoisotopic (exact) mass is 279 g/mol. The van der Waals surface area contributed by atoms with Crippen LogP contribution in [0, 0.1) is 5.92 Å². The summed E-state index contributed by atoms with van der Waals surface area (Å²) in [6.45, 7) is 7.50. The molecule has 1 unspecified atom stereocenters. The molecule has 1 amide bonds. The first-order valence-corrected chi connectivity index (χ1v) is 6.84. The van der Waals surface area contributed by atoms with E-state index in [0.717, 1.165) is 6.42 Å². The van der Waals surface area contributed by atoms with Gasteiger partial charge in [0.1, 0.15) is 11.3 Å². The summed E-state index contributed by atoms with van der Waals surface area (Å²) in [5.41, 5.74) is 0.132. The number of hydrogen-bond donors (Lipinski definition) is 2. The van der Waals surface area contributed by atoms with Gasteiger partial charge in [-0.25, -0.2) is 4.79 Å². The highest BCUT2D eigenvalue weighted by atomic mass is 16.4. The zero-order valence-electron chi connectivity index (χ0n) is 12.1. The molecule has 0 spiro atoms. The molecule has 1 atom stereocenters. The van der Waals surface area contributed by atoms with Crippen molar-refractivity contribution in [2.75, 3.05) is 13.1 Å². The Morgan fingerprint density at radius 2 is 1.95 bits per heavy atom. The molecule has 1 aromatic rings. The maximum absolute atomic E-state index is 12.1. The lowest BCUT2D eigenvalue weighted by molar-refractivity contribution is 0.0691. The number of rotatable bonds is 2. The van der Waals surface area contributed by atoms with Gasteiger partial charge >= 0.3 is 5.97 Å². The number of nitrogens with zero attached hydrogens (tertiary/aromatic N) is 1. The van der Waals surface area contributed by atoms with E-state index in [9.17, 15) is 14.7 Å². The molecular weight excluding hydrogens is 258 g/mol. The molecule has 0 aliphatic carbocycles. The molecule has 0 aromatic heterocycles. The minimum atomic E-state index is -1.21. The second-order valence-electron chi connectivity index (χ2n) is 4.68. The van der Waals surface area contributed by atoms with Crippen molar-refractivity contribution in [2.24, 2.45) is 5.92 Å². The lowest BCUT2D eigenvalue weighted by Crippen LogP contribution is -2.28. The summed E-state index contributed by atoms with van der Waals surface area (Å²) in [4.78, 5) is 24.6. The summed E-state index contributed by atoms with van der Waals surface area (Å²) in [7, 11) is 0. The lowest BCUT2D eigenvalue weighted by Gasteiger charge is -2.16. The largest absolute Gasteiger partial charge is 0.507 e. The number of likely N-dealkylation sites (tertiary alicyclic amines) is 1. The van der Waals surface area contributed by atoms with Gasteiger partial charge in [-0.3, -0.25) is 4.79 Å². The maximum Gasteiger partial charge on any atom is 0.339 e. The molecule has 0 bridgehead atoms. The molecule has 5 nitrogen and oxygen atoms in total. The average molecular weight is 279 g/mol. The fourth-order valence-corrected chi connectivity index (χ4v) is 2.15. The summed E-state index contributed by atoms with van der Waals surface area (Å²) >= 11 is 0. The van der Waals surface area contributed by atoms with Gasteiger partial charge in [0.2, 0.25) is 0 Å². The van der Waals surface area contributed by atoms with Crippen molar-refractivity contribution in [1.82, 2.24) is 4.90 Å². The molecule has 1 fully saturated rings. The van der Waals surface area contributed by atoms with Crippen LogP contribution >= 0.6 is 0 Å². The molecule has 1 saturated heterocycles. The Bertz CT molecular complexity index is 499. The van der Waals surface area contributed by atoms with E-state index >= 15 is 0 Å². The van der Waals surface area contributed by atoms with Crippen molar-refractivity contribution in [3.8, 4) is 5.75 Å². The molecule has 1 aliphatic heterocycles. The SMILES string of the molecule is CC.CC1CCN(C(=O)c2ccc(C(=O)O)c(O)c2)C1. The van der Waals surface area contributed by atoms with Crippen molar-refractivity contribution in [2.45, 2.75) is 27.2 Å². The van der Waals surface area contributed by atoms with E-state index < -0.39 is 5.97 Å². The standard InChI is InChI=1S/C13H15NO4.C2H6/c1-8-4-5-14(7-8)12(16)9-2-3-10(13(17)18)11(15)6-9;1-2/h2-3,6,8,15H,4-5,7H2,1H3,(H,17,18);1-2H3. The molecule has 110 valence electrons. The van der Waals surface area contributed by atoms with Crippen molar-refractivity contribution in [3.63, 3.8) is 0 Å². The summed E-state index contributed by atoms with van der Waals surface area (Å²) in [6.07, 6.45) is 0.977. The van der Waals surface area contributed by atoms with Crippen molar-refractivity contribution >= 4 is 11.9 Å². The third kappa shape index (κ3) is 3.50. The summed E-state index contributed by atoms with van der Waals surface area (Å²) < 4.78 is 0. The van der Waals surface area contributed by atoms with Gasteiger partial charge in [0, 0.05) is 18.7 Å². The number of carboxylic acid groups (broad SMARTS) is 1. The predicted molar refractivity (Wildman–Crippen MR) is 76.1 cm³/mol. The molecule has 2 rings (SSSR count). The van der Waals surface area contributed by atoms with Crippen LogP contribution in [0.3, 0.4) is 0 Å².